The summed E-state index contributed by atoms with van der Waals surface area (Å²) < 4.78 is 11.0. The van der Waals surface area contributed by atoms with Crippen LogP contribution in [-0.2, 0) is 0 Å². The summed E-state index contributed by atoms with van der Waals surface area (Å²) in [6, 6.07) is 8.66. The predicted molar refractivity (Wildman–Crippen MR) is 115 cm³/mol. The summed E-state index contributed by atoms with van der Waals surface area (Å²) in [4.78, 5) is 23.6. The molecule has 0 bridgehead atoms. The smallest absolute Gasteiger partial charge is 0.227 e. The Bertz CT molecular complexity index is 1290. The first-order chi connectivity index (χ1) is 14.3. The van der Waals surface area contributed by atoms with E-state index >= 15 is 0 Å². The van der Waals surface area contributed by atoms with Gasteiger partial charge in [0.2, 0.25) is 11.2 Å². The number of hydrogen-bond donors (Lipinski definition) is 3. The average Bonchev–Trinajstić information content (AvgIpc) is 3.25. The van der Waals surface area contributed by atoms with Crippen LogP contribution in [0, 0.1) is 27.7 Å². The van der Waals surface area contributed by atoms with E-state index in [1.54, 1.807) is 14.0 Å². The molecule has 3 aromatic heterocycles. The fourth-order valence-electron chi connectivity index (χ4n) is 3.65. The molecule has 0 saturated carbocycles. The van der Waals surface area contributed by atoms with E-state index in [-0.39, 0.29) is 5.76 Å². The quantitative estimate of drug-likeness (QED) is 0.459. The number of ether oxygens (including phenoxy) is 1. The number of aromatic hydroxyl groups is 1. The molecule has 4 aromatic rings. The summed E-state index contributed by atoms with van der Waals surface area (Å²) in [5, 5.41) is 10.4. The SMILES string of the molecule is COc1ccc(-c2nc(-c3c(C)[nH]c(C)c3C)[nH]c2-c2oc(C)cc(=O)c2O)cc1. The van der Waals surface area contributed by atoms with E-state index in [1.807, 2.05) is 45.0 Å². The number of nitrogens with zero attached hydrogens (tertiary/aromatic N) is 1. The van der Waals surface area contributed by atoms with Gasteiger partial charge < -0.3 is 24.2 Å². The summed E-state index contributed by atoms with van der Waals surface area (Å²) in [6.07, 6.45) is 0. The zero-order valence-electron chi connectivity index (χ0n) is 17.5. The van der Waals surface area contributed by atoms with E-state index < -0.39 is 11.2 Å². The fraction of sp³-hybridized carbons (Fsp3) is 0.217. The van der Waals surface area contributed by atoms with Crippen LogP contribution < -0.4 is 10.2 Å². The van der Waals surface area contributed by atoms with Crippen molar-refractivity contribution in [2.45, 2.75) is 27.7 Å². The topological polar surface area (TPSA) is 104 Å². The summed E-state index contributed by atoms with van der Waals surface area (Å²) in [5.41, 5.74) is 5.33. The van der Waals surface area contributed by atoms with Gasteiger partial charge >= 0.3 is 0 Å². The Labute approximate surface area is 173 Å². The van der Waals surface area contributed by atoms with E-state index in [1.165, 1.54) is 6.07 Å². The lowest BCUT2D eigenvalue weighted by Crippen LogP contribution is -2.01. The van der Waals surface area contributed by atoms with Crippen LogP contribution in [-0.4, -0.2) is 27.2 Å². The zero-order valence-corrected chi connectivity index (χ0v) is 17.5. The molecule has 4 rings (SSSR count). The van der Waals surface area contributed by atoms with Crippen molar-refractivity contribution in [3.63, 3.8) is 0 Å². The van der Waals surface area contributed by atoms with Crippen molar-refractivity contribution in [2.24, 2.45) is 0 Å². The molecule has 7 nitrogen and oxygen atoms in total. The number of aryl methyl sites for hydroxylation is 3. The van der Waals surface area contributed by atoms with Crippen molar-refractivity contribution in [1.82, 2.24) is 15.0 Å². The first kappa shape index (κ1) is 19.6. The van der Waals surface area contributed by atoms with Crippen LogP contribution in [0.2, 0.25) is 0 Å². The van der Waals surface area contributed by atoms with Gasteiger partial charge in [0.15, 0.2) is 5.76 Å². The van der Waals surface area contributed by atoms with Gasteiger partial charge in [-0.1, -0.05) is 0 Å². The predicted octanol–water partition coefficient (Wildman–Crippen LogP) is 4.64. The molecule has 154 valence electrons. The van der Waals surface area contributed by atoms with Gasteiger partial charge in [0, 0.05) is 28.6 Å². The summed E-state index contributed by atoms with van der Waals surface area (Å²) >= 11 is 0. The van der Waals surface area contributed by atoms with Gasteiger partial charge in [-0.3, -0.25) is 4.79 Å². The van der Waals surface area contributed by atoms with Gasteiger partial charge in [-0.15, -0.1) is 0 Å². The summed E-state index contributed by atoms with van der Waals surface area (Å²) in [5.74, 6) is 1.35. The molecule has 3 N–H and O–H groups in total. The molecule has 0 atom stereocenters. The molecule has 0 amide bonds. The molecule has 3 heterocycles. The Morgan fingerprint density at radius 3 is 2.33 bits per heavy atom. The minimum Gasteiger partial charge on any atom is -0.501 e. The van der Waals surface area contributed by atoms with Gasteiger partial charge in [-0.05, 0) is 57.5 Å². The minimum absolute atomic E-state index is 0.0622. The van der Waals surface area contributed by atoms with Gasteiger partial charge in [-0.2, -0.15) is 0 Å². The van der Waals surface area contributed by atoms with Crippen molar-refractivity contribution < 1.29 is 14.3 Å². The normalized spacial score (nSPS) is 11.1. The largest absolute Gasteiger partial charge is 0.501 e. The summed E-state index contributed by atoms with van der Waals surface area (Å²) in [6.45, 7) is 7.67. The van der Waals surface area contributed by atoms with Crippen molar-refractivity contribution in [1.29, 1.82) is 0 Å². The van der Waals surface area contributed by atoms with Crippen LogP contribution in [0.3, 0.4) is 0 Å². The Hall–Kier alpha value is -3.74. The Kier molecular flexibility index (Phi) is 4.73. The maximum Gasteiger partial charge on any atom is 0.227 e. The van der Waals surface area contributed by atoms with E-state index in [0.29, 0.717) is 28.7 Å². The molecule has 7 heteroatoms. The molecule has 30 heavy (non-hydrogen) atoms. The lowest BCUT2D eigenvalue weighted by molar-refractivity contribution is 0.415. The second-order valence-corrected chi connectivity index (χ2v) is 7.31. The lowest BCUT2D eigenvalue weighted by Gasteiger charge is -2.06. The van der Waals surface area contributed by atoms with E-state index in [4.69, 9.17) is 14.1 Å². The molecular formula is C23H23N3O4. The van der Waals surface area contributed by atoms with Crippen LogP contribution in [0.1, 0.15) is 22.7 Å². The van der Waals surface area contributed by atoms with Crippen molar-refractivity contribution in [3.8, 4) is 45.6 Å². The second-order valence-electron chi connectivity index (χ2n) is 7.31. The standard InChI is InChI=1S/C23H23N3O4/c1-11-10-17(27)21(28)22(30-11)20-19(15-6-8-16(29-5)9-7-15)25-23(26-20)18-12(2)13(3)24-14(18)4/h6-10,24,28H,1-5H3,(H,25,26). The minimum atomic E-state index is -0.504. The van der Waals surface area contributed by atoms with Crippen molar-refractivity contribution >= 4 is 0 Å². The van der Waals surface area contributed by atoms with Gasteiger partial charge in [0.05, 0.1) is 7.11 Å². The zero-order chi connectivity index (χ0) is 21.6. The van der Waals surface area contributed by atoms with E-state index in [0.717, 1.165) is 28.1 Å². The first-order valence-corrected chi connectivity index (χ1v) is 9.54. The third-order valence-electron chi connectivity index (χ3n) is 5.26. The monoisotopic (exact) mass is 405 g/mol. The highest BCUT2D eigenvalue weighted by molar-refractivity contribution is 5.82. The molecule has 0 aliphatic rings. The number of hydrogen-bond acceptors (Lipinski definition) is 5. The molecule has 0 aliphatic heterocycles. The number of aromatic amines is 2. The molecule has 1 aromatic carbocycles. The van der Waals surface area contributed by atoms with E-state index in [2.05, 4.69) is 9.97 Å². The number of aromatic nitrogens is 3. The average molecular weight is 405 g/mol. The van der Waals surface area contributed by atoms with Gasteiger partial charge in [0.1, 0.15) is 28.7 Å². The van der Waals surface area contributed by atoms with Gasteiger partial charge in [-0.25, -0.2) is 4.98 Å². The van der Waals surface area contributed by atoms with Crippen LogP contribution in [0.5, 0.6) is 11.5 Å². The molecule has 0 radical (unpaired) electrons. The third kappa shape index (κ3) is 3.18. The molecular weight excluding hydrogens is 382 g/mol. The Balaban J connectivity index is 2.00. The van der Waals surface area contributed by atoms with Crippen molar-refractivity contribution in [2.75, 3.05) is 7.11 Å². The number of imidazole rings is 1. The highest BCUT2D eigenvalue weighted by Gasteiger charge is 2.24. The number of rotatable bonds is 4. The maximum atomic E-state index is 12.2. The summed E-state index contributed by atoms with van der Waals surface area (Å²) in [7, 11) is 1.60. The Morgan fingerprint density at radius 1 is 1.03 bits per heavy atom. The lowest BCUT2D eigenvalue weighted by atomic mass is 10.1. The molecule has 0 fully saturated rings. The highest BCUT2D eigenvalue weighted by atomic mass is 16.5. The van der Waals surface area contributed by atoms with Gasteiger partial charge in [0.25, 0.3) is 0 Å². The highest BCUT2D eigenvalue weighted by Crippen LogP contribution is 2.38. The number of nitrogens with one attached hydrogen (secondary N) is 2. The third-order valence-corrected chi connectivity index (χ3v) is 5.26. The first-order valence-electron chi connectivity index (χ1n) is 9.54. The molecule has 0 aliphatic carbocycles. The number of methoxy groups -OCH3 is 1. The maximum absolute atomic E-state index is 12.2. The molecule has 0 saturated heterocycles. The second kappa shape index (κ2) is 7.26. The van der Waals surface area contributed by atoms with Crippen LogP contribution in [0.25, 0.3) is 34.1 Å². The number of H-pyrrole nitrogens is 2. The molecule has 0 spiro atoms. The van der Waals surface area contributed by atoms with E-state index in [9.17, 15) is 9.90 Å². The van der Waals surface area contributed by atoms with Crippen molar-refractivity contribution in [3.05, 3.63) is 63.3 Å². The Morgan fingerprint density at radius 2 is 1.73 bits per heavy atom. The van der Waals surface area contributed by atoms with Crippen LogP contribution >= 0.6 is 0 Å². The van der Waals surface area contributed by atoms with Crippen LogP contribution in [0.4, 0.5) is 0 Å². The van der Waals surface area contributed by atoms with Crippen LogP contribution in [0.15, 0.2) is 39.5 Å². The molecule has 0 unspecified atom stereocenters. The number of benzene rings is 1. The fourth-order valence-corrected chi connectivity index (χ4v) is 3.65.